The van der Waals surface area contributed by atoms with Crippen molar-refractivity contribution < 1.29 is 13.2 Å². The summed E-state index contributed by atoms with van der Waals surface area (Å²) in [4.78, 5) is 0.894. The molecule has 0 saturated heterocycles. The highest BCUT2D eigenvalue weighted by Gasteiger charge is 2.30. The quantitative estimate of drug-likeness (QED) is 0.181. The highest BCUT2D eigenvalue weighted by molar-refractivity contribution is 7.97. The van der Waals surface area contributed by atoms with E-state index < -0.39 is 11.7 Å². The van der Waals surface area contributed by atoms with Gasteiger partial charge >= 0.3 is 6.18 Å². The summed E-state index contributed by atoms with van der Waals surface area (Å²) in [5.74, 6) is 5.73. The van der Waals surface area contributed by atoms with Crippen molar-refractivity contribution >= 4 is 29.2 Å². The Hall–Kier alpha value is -2.43. The van der Waals surface area contributed by atoms with Crippen molar-refractivity contribution in [3.63, 3.8) is 0 Å². The van der Waals surface area contributed by atoms with E-state index in [4.69, 9.17) is 11.6 Å². The maximum Gasteiger partial charge on any atom is 0.416 e. The Morgan fingerprint density at radius 2 is 1.69 bits per heavy atom. The molecule has 2 rings (SSSR count). The van der Waals surface area contributed by atoms with Gasteiger partial charge in [0.2, 0.25) is 0 Å². The van der Waals surface area contributed by atoms with E-state index >= 15 is 0 Å². The van der Waals surface area contributed by atoms with E-state index in [-0.39, 0.29) is 11.4 Å². The van der Waals surface area contributed by atoms with Gasteiger partial charge in [0.25, 0.3) is 0 Å². The minimum atomic E-state index is -4.38. The lowest BCUT2D eigenvalue weighted by atomic mass is 10.1. The molecule has 6 nitrogen and oxygen atoms in total. The maximum absolute atomic E-state index is 12.8. The summed E-state index contributed by atoms with van der Waals surface area (Å²) in [7, 11) is 1.54. The highest BCUT2D eigenvalue weighted by atomic mass is 32.2. The van der Waals surface area contributed by atoms with Crippen LogP contribution in [0.1, 0.15) is 31.9 Å². The number of hydrazone groups is 1. The molecule has 0 radical (unpaired) electrons. The van der Waals surface area contributed by atoms with E-state index in [2.05, 4.69) is 15.1 Å². The molecule has 10 heteroatoms. The van der Waals surface area contributed by atoms with Gasteiger partial charge < -0.3 is 11.1 Å². The number of alkyl halides is 3. The van der Waals surface area contributed by atoms with E-state index in [0.717, 1.165) is 22.1 Å². The van der Waals surface area contributed by atoms with Gasteiger partial charge in [-0.2, -0.15) is 13.2 Å². The number of benzene rings is 2. The summed E-state index contributed by atoms with van der Waals surface area (Å²) in [5.41, 5.74) is 6.93. The third-order valence-electron chi connectivity index (χ3n) is 3.50. The van der Waals surface area contributed by atoms with Gasteiger partial charge in [-0.25, -0.2) is 11.0 Å². The zero-order chi connectivity index (χ0) is 21.8. The van der Waals surface area contributed by atoms with Crippen molar-refractivity contribution in [3.05, 3.63) is 53.6 Å². The molecule has 0 atom stereocenters. The Balaban J connectivity index is 2.34. The molecule has 0 aliphatic rings. The fourth-order valence-electron chi connectivity index (χ4n) is 2.24. The molecule has 0 aliphatic heterocycles. The van der Waals surface area contributed by atoms with Crippen LogP contribution >= 0.6 is 11.9 Å². The molecule has 29 heavy (non-hydrogen) atoms. The second-order valence-corrected chi connectivity index (χ2v) is 8.30. The van der Waals surface area contributed by atoms with Gasteiger partial charge in [0, 0.05) is 34.4 Å². The monoisotopic (exact) mass is 426 g/mol. The van der Waals surface area contributed by atoms with Crippen LogP contribution in [0.3, 0.4) is 0 Å². The fourth-order valence-corrected chi connectivity index (χ4v) is 2.98. The average molecular weight is 427 g/mol. The van der Waals surface area contributed by atoms with Crippen LogP contribution in [0.4, 0.5) is 24.5 Å². The summed E-state index contributed by atoms with van der Waals surface area (Å²) in [5, 5.41) is 8.21. The first-order valence-corrected chi connectivity index (χ1v) is 9.52. The smallest absolute Gasteiger partial charge is 0.382 e. The first-order valence-electron chi connectivity index (χ1n) is 8.70. The van der Waals surface area contributed by atoms with Gasteiger partial charge in [-0.1, -0.05) is 0 Å². The molecular weight excluding hydrogens is 401 g/mol. The molecule has 0 aromatic heterocycles. The topological polar surface area (TPSA) is 91.7 Å². The number of hydrogen-bond donors (Lipinski definition) is 4. The van der Waals surface area contributed by atoms with Gasteiger partial charge in [-0.05, 0) is 75.2 Å². The molecule has 0 saturated carbocycles. The lowest BCUT2D eigenvalue weighted by Crippen LogP contribution is -2.29. The zero-order valence-corrected chi connectivity index (χ0v) is 17.4. The van der Waals surface area contributed by atoms with Crippen LogP contribution < -0.4 is 21.6 Å². The van der Waals surface area contributed by atoms with Gasteiger partial charge in [0.1, 0.15) is 0 Å². The number of amidine groups is 1. The normalized spacial score (nSPS) is 12.8. The molecule has 6 N–H and O–H groups in total. The van der Waals surface area contributed by atoms with E-state index in [1.807, 2.05) is 32.9 Å². The predicted molar refractivity (Wildman–Crippen MR) is 113 cm³/mol. The first-order chi connectivity index (χ1) is 13.3. The molecule has 2 aromatic rings. The van der Waals surface area contributed by atoms with Crippen LogP contribution in [0.2, 0.25) is 0 Å². The SMILES string of the molecule is CN(N)/N=C(\N)c1cc(SNC(C)(C)C)ccc1Nc1ccc(C(F)(F)F)cc1. The van der Waals surface area contributed by atoms with Crippen molar-refractivity contribution in [3.8, 4) is 0 Å². The Labute approximate surface area is 172 Å². The van der Waals surface area contributed by atoms with E-state index in [1.54, 1.807) is 6.07 Å². The third-order valence-corrected chi connectivity index (χ3v) is 4.70. The summed E-state index contributed by atoms with van der Waals surface area (Å²) in [6.07, 6.45) is -4.38. The van der Waals surface area contributed by atoms with Crippen LogP contribution in [-0.4, -0.2) is 23.5 Å². The minimum absolute atomic E-state index is 0.0981. The van der Waals surface area contributed by atoms with Gasteiger partial charge in [-0.3, -0.25) is 4.72 Å². The summed E-state index contributed by atoms with van der Waals surface area (Å²) in [6, 6.07) is 10.3. The zero-order valence-electron chi connectivity index (χ0n) is 16.6. The Morgan fingerprint density at radius 1 is 1.07 bits per heavy atom. The molecule has 0 fully saturated rings. The van der Waals surface area contributed by atoms with Crippen molar-refractivity contribution in [1.82, 2.24) is 9.84 Å². The number of nitrogens with two attached hydrogens (primary N) is 2. The van der Waals surface area contributed by atoms with Gasteiger partial charge in [0.05, 0.1) is 5.56 Å². The summed E-state index contributed by atoms with van der Waals surface area (Å²) >= 11 is 1.44. The van der Waals surface area contributed by atoms with Crippen molar-refractivity contribution in [2.75, 3.05) is 12.4 Å². The third kappa shape index (κ3) is 7.15. The molecule has 0 heterocycles. The van der Waals surface area contributed by atoms with E-state index in [0.29, 0.717) is 16.9 Å². The number of rotatable bonds is 6. The number of hydrogen-bond acceptors (Lipinski definition) is 6. The lowest BCUT2D eigenvalue weighted by Gasteiger charge is -2.20. The number of nitrogens with zero attached hydrogens (tertiary/aromatic N) is 2. The molecular formula is C19H25F3N6S. The van der Waals surface area contributed by atoms with E-state index in [9.17, 15) is 13.2 Å². The first kappa shape index (κ1) is 22.9. The molecule has 0 bridgehead atoms. The number of anilines is 2. The lowest BCUT2D eigenvalue weighted by molar-refractivity contribution is -0.137. The molecule has 0 spiro atoms. The number of hydrazine groups is 1. The standard InChI is InChI=1S/C19H25F3N6S/c1-18(2,3)27-29-14-9-10-16(15(11-14)17(23)26-28(4)24)25-13-7-5-12(6-8-13)19(20,21)22/h5-11,25,27H,24H2,1-4H3,(H2,23,26). The van der Waals surface area contributed by atoms with E-state index in [1.165, 1.54) is 31.1 Å². The molecule has 0 aliphatic carbocycles. The average Bonchev–Trinajstić information content (AvgIpc) is 2.59. The second-order valence-electron chi connectivity index (χ2n) is 7.42. The minimum Gasteiger partial charge on any atom is -0.382 e. The van der Waals surface area contributed by atoms with Gasteiger partial charge in [0.15, 0.2) is 5.84 Å². The summed E-state index contributed by atoms with van der Waals surface area (Å²) < 4.78 is 41.6. The Kier molecular flexibility index (Phi) is 7.04. The number of halogens is 3. The maximum atomic E-state index is 12.8. The van der Waals surface area contributed by atoms with Crippen LogP contribution in [0, 0.1) is 0 Å². The van der Waals surface area contributed by atoms with Gasteiger partial charge in [-0.15, -0.1) is 5.10 Å². The summed E-state index contributed by atoms with van der Waals surface area (Å²) in [6.45, 7) is 6.13. The molecule has 0 amide bonds. The van der Waals surface area contributed by atoms with Crippen molar-refractivity contribution in [1.29, 1.82) is 0 Å². The number of nitrogens with one attached hydrogen (secondary N) is 2. The Morgan fingerprint density at radius 3 is 2.21 bits per heavy atom. The molecule has 158 valence electrons. The Bertz CT molecular complexity index is 858. The molecule has 2 aromatic carbocycles. The van der Waals surface area contributed by atoms with Crippen LogP contribution in [0.25, 0.3) is 0 Å². The predicted octanol–water partition coefficient (Wildman–Crippen LogP) is 4.27. The fraction of sp³-hybridized carbons (Fsp3) is 0.316. The molecule has 0 unspecified atom stereocenters. The van der Waals surface area contributed by atoms with Crippen LogP contribution in [0.5, 0.6) is 0 Å². The van der Waals surface area contributed by atoms with Crippen LogP contribution in [0.15, 0.2) is 52.5 Å². The second kappa shape index (κ2) is 8.93. The highest BCUT2D eigenvalue weighted by Crippen LogP contribution is 2.31. The largest absolute Gasteiger partial charge is 0.416 e. The van der Waals surface area contributed by atoms with Crippen molar-refractivity contribution in [2.45, 2.75) is 37.4 Å². The van der Waals surface area contributed by atoms with Crippen molar-refractivity contribution in [2.24, 2.45) is 16.7 Å². The van der Waals surface area contributed by atoms with Crippen LogP contribution in [-0.2, 0) is 6.18 Å².